The fourth-order valence-corrected chi connectivity index (χ4v) is 1.15. The van der Waals surface area contributed by atoms with Crippen molar-refractivity contribution in [1.29, 1.82) is 0 Å². The summed E-state index contributed by atoms with van der Waals surface area (Å²) in [4.78, 5) is 15.2. The summed E-state index contributed by atoms with van der Waals surface area (Å²) in [5.74, 6) is 0.500. The van der Waals surface area contributed by atoms with Gasteiger partial charge in [-0.15, -0.1) is 0 Å². The van der Waals surface area contributed by atoms with Crippen molar-refractivity contribution in [3.05, 3.63) is 29.7 Å². The van der Waals surface area contributed by atoms with E-state index in [4.69, 9.17) is 4.74 Å². The van der Waals surface area contributed by atoms with Crippen LogP contribution >= 0.6 is 0 Å². The first-order valence-electron chi connectivity index (χ1n) is 4.69. The number of ketones is 1. The molecule has 2 rings (SSSR count). The molecule has 0 saturated heterocycles. The number of ether oxygens (including phenoxy) is 1. The first-order chi connectivity index (χ1) is 7.66. The van der Waals surface area contributed by atoms with Crippen molar-refractivity contribution in [1.82, 2.24) is 20.4 Å². The van der Waals surface area contributed by atoms with E-state index >= 15 is 0 Å². The number of hydrogen-bond acceptors (Lipinski definition) is 5. The van der Waals surface area contributed by atoms with Gasteiger partial charge in [0, 0.05) is 12.6 Å². The van der Waals surface area contributed by atoms with Crippen molar-refractivity contribution in [2.24, 2.45) is 0 Å². The van der Waals surface area contributed by atoms with Crippen LogP contribution in [0, 0.1) is 6.92 Å². The van der Waals surface area contributed by atoms with E-state index in [-0.39, 0.29) is 17.4 Å². The summed E-state index contributed by atoms with van der Waals surface area (Å²) in [5.41, 5.74) is 1.14. The third-order valence-electron chi connectivity index (χ3n) is 1.97. The molecule has 0 fully saturated rings. The molecule has 1 N–H and O–H groups in total. The Balaban J connectivity index is 2.23. The predicted molar refractivity (Wildman–Crippen MR) is 55.4 cm³/mol. The summed E-state index contributed by atoms with van der Waals surface area (Å²) in [7, 11) is 0. The summed E-state index contributed by atoms with van der Waals surface area (Å²) < 4.78 is 5.38. The molecule has 82 valence electrons. The Bertz CT molecular complexity index is 504. The highest BCUT2D eigenvalue weighted by atomic mass is 16.5. The Hall–Kier alpha value is -2.24. The van der Waals surface area contributed by atoms with Gasteiger partial charge in [-0.1, -0.05) is 10.3 Å². The fourth-order valence-electron chi connectivity index (χ4n) is 1.15. The number of carbonyl (C=O) groups excluding carboxylic acids is 1. The van der Waals surface area contributed by atoms with E-state index in [1.165, 1.54) is 6.92 Å². The van der Waals surface area contributed by atoms with Crippen LogP contribution in [-0.4, -0.2) is 26.2 Å². The van der Waals surface area contributed by atoms with Gasteiger partial charge in [0.05, 0.1) is 6.20 Å². The molecule has 6 nitrogen and oxygen atoms in total. The monoisotopic (exact) mass is 218 g/mol. The number of pyridine rings is 1. The SMILES string of the molecule is CC(=O)c1[nH]nnc1Oc1ccc(C)nc1. The number of H-pyrrole nitrogens is 1. The average molecular weight is 218 g/mol. The molecule has 2 aromatic heterocycles. The van der Waals surface area contributed by atoms with Crippen LogP contribution in [0.4, 0.5) is 0 Å². The van der Waals surface area contributed by atoms with E-state index in [0.29, 0.717) is 5.75 Å². The average Bonchev–Trinajstić information content (AvgIpc) is 2.69. The molecular weight excluding hydrogens is 208 g/mol. The highest BCUT2D eigenvalue weighted by Gasteiger charge is 2.13. The number of aryl methyl sites for hydroxylation is 1. The number of nitrogens with zero attached hydrogens (tertiary/aromatic N) is 3. The van der Waals surface area contributed by atoms with Crippen LogP contribution in [0.3, 0.4) is 0 Å². The second-order valence-electron chi connectivity index (χ2n) is 3.29. The summed E-state index contributed by atoms with van der Waals surface area (Å²) in [6.07, 6.45) is 1.56. The van der Waals surface area contributed by atoms with Crippen LogP contribution in [0.1, 0.15) is 23.1 Å². The van der Waals surface area contributed by atoms with Gasteiger partial charge >= 0.3 is 0 Å². The predicted octanol–water partition coefficient (Wildman–Crippen LogP) is 1.50. The van der Waals surface area contributed by atoms with E-state index in [0.717, 1.165) is 5.69 Å². The van der Waals surface area contributed by atoms with Gasteiger partial charge in [0.25, 0.3) is 5.88 Å². The van der Waals surface area contributed by atoms with Crippen molar-refractivity contribution < 1.29 is 9.53 Å². The second kappa shape index (κ2) is 4.09. The number of carbonyl (C=O) groups is 1. The van der Waals surface area contributed by atoms with Gasteiger partial charge in [0.2, 0.25) is 0 Å². The molecule has 0 amide bonds. The molecule has 0 atom stereocenters. The normalized spacial score (nSPS) is 10.1. The lowest BCUT2D eigenvalue weighted by molar-refractivity contribution is 0.101. The highest BCUT2D eigenvalue weighted by Crippen LogP contribution is 2.20. The zero-order valence-electron chi connectivity index (χ0n) is 8.89. The Morgan fingerprint density at radius 3 is 2.88 bits per heavy atom. The van der Waals surface area contributed by atoms with Gasteiger partial charge in [0.1, 0.15) is 5.75 Å². The minimum absolute atomic E-state index is 0.165. The van der Waals surface area contributed by atoms with E-state index in [9.17, 15) is 4.79 Å². The van der Waals surface area contributed by atoms with E-state index in [1.54, 1.807) is 12.3 Å². The molecule has 0 aliphatic carbocycles. The van der Waals surface area contributed by atoms with Crippen molar-refractivity contribution in [2.45, 2.75) is 13.8 Å². The van der Waals surface area contributed by atoms with Crippen LogP contribution in [0.25, 0.3) is 0 Å². The van der Waals surface area contributed by atoms with Crippen LogP contribution < -0.4 is 4.74 Å². The molecule has 0 bridgehead atoms. The van der Waals surface area contributed by atoms with Gasteiger partial charge in [-0.2, -0.15) is 0 Å². The Morgan fingerprint density at radius 1 is 1.44 bits per heavy atom. The number of nitrogens with one attached hydrogen (secondary N) is 1. The van der Waals surface area contributed by atoms with Gasteiger partial charge in [-0.3, -0.25) is 14.9 Å². The maximum absolute atomic E-state index is 11.2. The van der Waals surface area contributed by atoms with Crippen molar-refractivity contribution in [2.75, 3.05) is 0 Å². The summed E-state index contributed by atoms with van der Waals surface area (Å²) in [6, 6.07) is 3.56. The van der Waals surface area contributed by atoms with E-state index in [2.05, 4.69) is 20.4 Å². The van der Waals surface area contributed by atoms with Gasteiger partial charge in [-0.25, -0.2) is 0 Å². The van der Waals surface area contributed by atoms with Crippen molar-refractivity contribution in [3.63, 3.8) is 0 Å². The molecule has 6 heteroatoms. The first-order valence-corrected chi connectivity index (χ1v) is 4.69. The van der Waals surface area contributed by atoms with Gasteiger partial charge in [-0.05, 0) is 19.1 Å². The topological polar surface area (TPSA) is 80.8 Å². The lowest BCUT2D eigenvalue weighted by Crippen LogP contribution is -1.96. The summed E-state index contributed by atoms with van der Waals surface area (Å²) in [5, 5.41) is 9.68. The number of Topliss-reactive ketones (excluding diaryl/α,β-unsaturated/α-hetero) is 1. The lowest BCUT2D eigenvalue weighted by atomic mass is 10.3. The van der Waals surface area contributed by atoms with Crippen LogP contribution in [0.5, 0.6) is 11.6 Å². The van der Waals surface area contributed by atoms with Crippen molar-refractivity contribution >= 4 is 5.78 Å². The lowest BCUT2D eigenvalue weighted by Gasteiger charge is -2.02. The van der Waals surface area contributed by atoms with Crippen LogP contribution in [-0.2, 0) is 0 Å². The molecule has 16 heavy (non-hydrogen) atoms. The Morgan fingerprint density at radius 2 is 2.25 bits per heavy atom. The van der Waals surface area contributed by atoms with Gasteiger partial charge in [0.15, 0.2) is 11.5 Å². The minimum atomic E-state index is -0.180. The number of aromatic amines is 1. The highest BCUT2D eigenvalue weighted by molar-refractivity contribution is 5.94. The van der Waals surface area contributed by atoms with E-state index in [1.807, 2.05) is 13.0 Å². The number of aromatic nitrogens is 4. The number of rotatable bonds is 3. The van der Waals surface area contributed by atoms with Crippen molar-refractivity contribution in [3.8, 4) is 11.6 Å². The Kier molecular flexibility index (Phi) is 2.63. The molecule has 0 spiro atoms. The maximum Gasteiger partial charge on any atom is 0.269 e. The molecule has 0 saturated carbocycles. The van der Waals surface area contributed by atoms with Crippen LogP contribution in [0.15, 0.2) is 18.3 Å². The zero-order valence-corrected chi connectivity index (χ0v) is 8.89. The van der Waals surface area contributed by atoms with E-state index < -0.39 is 0 Å². The molecule has 2 heterocycles. The minimum Gasteiger partial charge on any atom is -0.434 e. The standard InChI is InChI=1S/C10H10N4O2/c1-6-3-4-8(5-11-6)16-10-9(7(2)15)12-14-13-10/h3-5H,1-2H3,(H,12,13,14). The van der Waals surface area contributed by atoms with Crippen LogP contribution in [0.2, 0.25) is 0 Å². The summed E-state index contributed by atoms with van der Waals surface area (Å²) in [6.45, 7) is 3.29. The molecule has 0 aromatic carbocycles. The smallest absolute Gasteiger partial charge is 0.269 e. The molecule has 2 aromatic rings. The largest absolute Gasteiger partial charge is 0.434 e. The molecular formula is C10H10N4O2. The molecule has 0 radical (unpaired) electrons. The Labute approximate surface area is 91.7 Å². The molecule has 0 aliphatic rings. The third-order valence-corrected chi connectivity index (χ3v) is 1.97. The number of hydrogen-bond donors (Lipinski definition) is 1. The zero-order chi connectivity index (χ0) is 11.5. The molecule has 0 aliphatic heterocycles. The quantitative estimate of drug-likeness (QED) is 0.789. The first kappa shape index (κ1) is 10.3. The summed E-state index contributed by atoms with van der Waals surface area (Å²) >= 11 is 0. The fraction of sp³-hybridized carbons (Fsp3) is 0.200. The molecule has 0 unspecified atom stereocenters. The third kappa shape index (κ3) is 2.05. The maximum atomic E-state index is 11.2. The van der Waals surface area contributed by atoms with Gasteiger partial charge < -0.3 is 4.74 Å². The second-order valence-corrected chi connectivity index (χ2v) is 3.29.